The van der Waals surface area contributed by atoms with Crippen LogP contribution in [0.5, 0.6) is 5.75 Å². The van der Waals surface area contributed by atoms with Gasteiger partial charge in [-0.25, -0.2) is 4.98 Å². The Labute approximate surface area is 202 Å². The predicted octanol–water partition coefficient (Wildman–Crippen LogP) is 4.73. The molecule has 176 valence electrons. The van der Waals surface area contributed by atoms with Crippen LogP contribution in [0, 0.1) is 6.92 Å². The van der Waals surface area contributed by atoms with Gasteiger partial charge in [-0.15, -0.1) is 0 Å². The molecule has 2 amide bonds. The molecule has 4 aromatic rings. The lowest BCUT2D eigenvalue weighted by Crippen LogP contribution is -2.24. The zero-order valence-corrected chi connectivity index (χ0v) is 20.0. The third-order valence-corrected chi connectivity index (χ3v) is 6.26. The van der Waals surface area contributed by atoms with Gasteiger partial charge in [0.1, 0.15) is 11.6 Å². The van der Waals surface area contributed by atoms with Gasteiger partial charge in [0, 0.05) is 24.6 Å². The largest absolute Gasteiger partial charge is 0.497 e. The number of nitrogens with zero attached hydrogens (tertiary/aromatic N) is 3. The number of carbonyl (C=O) groups is 2. The molecule has 2 N–H and O–H groups in total. The van der Waals surface area contributed by atoms with Gasteiger partial charge in [-0.05, 0) is 50.1 Å². The van der Waals surface area contributed by atoms with Crippen molar-refractivity contribution in [3.63, 3.8) is 0 Å². The average molecular weight is 478 g/mol. The van der Waals surface area contributed by atoms with Crippen molar-refractivity contribution < 1.29 is 14.3 Å². The molecule has 0 fully saturated rings. The van der Waals surface area contributed by atoms with E-state index in [4.69, 9.17) is 4.74 Å². The molecule has 0 atom stereocenters. The fourth-order valence-electron chi connectivity index (χ4n) is 3.53. The van der Waals surface area contributed by atoms with Crippen LogP contribution in [0.1, 0.15) is 41.7 Å². The first kappa shape index (κ1) is 23.4. The van der Waals surface area contributed by atoms with Gasteiger partial charge in [0.2, 0.25) is 11.0 Å². The quantitative estimate of drug-likeness (QED) is 0.322. The fourth-order valence-corrected chi connectivity index (χ4v) is 4.49. The van der Waals surface area contributed by atoms with Gasteiger partial charge >= 0.3 is 0 Å². The number of unbranched alkanes of at least 4 members (excludes halogenated alkanes) is 2. The van der Waals surface area contributed by atoms with E-state index in [1.807, 2.05) is 49.4 Å². The molecule has 4 rings (SSSR count). The average Bonchev–Trinajstić information content (AvgIpc) is 3.43. The van der Waals surface area contributed by atoms with Gasteiger partial charge in [0.05, 0.1) is 23.0 Å². The highest BCUT2D eigenvalue weighted by Crippen LogP contribution is 2.30. The van der Waals surface area contributed by atoms with E-state index in [1.54, 1.807) is 23.9 Å². The number of thiazole rings is 1. The first-order valence-corrected chi connectivity index (χ1v) is 12.0. The van der Waals surface area contributed by atoms with Gasteiger partial charge in [-0.2, -0.15) is 9.78 Å². The van der Waals surface area contributed by atoms with Crippen molar-refractivity contribution in [2.24, 2.45) is 0 Å². The molecule has 2 aromatic heterocycles. The molecule has 0 aliphatic carbocycles. The van der Waals surface area contributed by atoms with E-state index in [0.717, 1.165) is 40.9 Å². The number of carbonyl (C=O) groups excluding carboxylic acids is 2. The van der Waals surface area contributed by atoms with Crippen LogP contribution in [0.2, 0.25) is 0 Å². The first-order chi connectivity index (χ1) is 16.5. The summed E-state index contributed by atoms with van der Waals surface area (Å²) in [4.78, 5) is 29.2. The molecule has 0 saturated heterocycles. The first-order valence-electron chi connectivity index (χ1n) is 11.2. The van der Waals surface area contributed by atoms with E-state index >= 15 is 0 Å². The van der Waals surface area contributed by atoms with Crippen molar-refractivity contribution in [2.45, 2.75) is 32.6 Å². The lowest BCUT2D eigenvalue weighted by molar-refractivity contribution is -0.116. The van der Waals surface area contributed by atoms with E-state index in [9.17, 15) is 9.59 Å². The van der Waals surface area contributed by atoms with Crippen molar-refractivity contribution in [3.8, 4) is 10.9 Å². The molecule has 9 heteroatoms. The zero-order valence-electron chi connectivity index (χ0n) is 19.2. The topological polar surface area (TPSA) is 98.1 Å². The van der Waals surface area contributed by atoms with Gasteiger partial charge in [0.15, 0.2) is 0 Å². The molecule has 8 nitrogen and oxygen atoms in total. The molecule has 34 heavy (non-hydrogen) atoms. The van der Waals surface area contributed by atoms with Crippen LogP contribution in [0.4, 0.5) is 5.82 Å². The predicted molar refractivity (Wildman–Crippen MR) is 134 cm³/mol. The van der Waals surface area contributed by atoms with Crippen LogP contribution in [0.15, 0.2) is 54.6 Å². The maximum absolute atomic E-state index is 12.5. The van der Waals surface area contributed by atoms with Crippen LogP contribution < -0.4 is 15.4 Å². The second kappa shape index (κ2) is 10.9. The summed E-state index contributed by atoms with van der Waals surface area (Å²) in [5.74, 6) is 1.23. The summed E-state index contributed by atoms with van der Waals surface area (Å²) >= 11 is 1.49. The highest BCUT2D eigenvalue weighted by Gasteiger charge is 2.15. The number of ether oxygens (including phenoxy) is 1. The number of fused-ring (bicyclic) bond motifs is 1. The van der Waals surface area contributed by atoms with Crippen LogP contribution in [0.25, 0.3) is 15.3 Å². The zero-order chi connectivity index (χ0) is 23.9. The molecule has 0 spiro atoms. The third-order valence-electron chi connectivity index (χ3n) is 5.27. The van der Waals surface area contributed by atoms with E-state index in [0.29, 0.717) is 29.5 Å². The number of aromatic nitrogens is 3. The Balaban J connectivity index is 1.27. The summed E-state index contributed by atoms with van der Waals surface area (Å²) in [6.45, 7) is 2.47. The molecule has 0 saturated carbocycles. The van der Waals surface area contributed by atoms with Crippen LogP contribution in [0.3, 0.4) is 0 Å². The number of rotatable bonds is 10. The summed E-state index contributed by atoms with van der Waals surface area (Å²) in [5, 5.41) is 11.1. The Morgan fingerprint density at radius 1 is 1.06 bits per heavy atom. The summed E-state index contributed by atoms with van der Waals surface area (Å²) in [6.07, 6.45) is 2.80. The summed E-state index contributed by atoms with van der Waals surface area (Å²) < 4.78 is 7.95. The van der Waals surface area contributed by atoms with Crippen molar-refractivity contribution in [3.05, 3.63) is 65.9 Å². The van der Waals surface area contributed by atoms with E-state index in [-0.39, 0.29) is 11.8 Å². The van der Waals surface area contributed by atoms with Gasteiger partial charge < -0.3 is 15.4 Å². The lowest BCUT2D eigenvalue weighted by atomic mass is 10.1. The highest BCUT2D eigenvalue weighted by atomic mass is 32.1. The molecule has 0 unspecified atom stereocenters. The number of anilines is 1. The van der Waals surface area contributed by atoms with Gasteiger partial charge in [-0.3, -0.25) is 9.59 Å². The third kappa shape index (κ3) is 5.79. The van der Waals surface area contributed by atoms with E-state index < -0.39 is 0 Å². The normalized spacial score (nSPS) is 10.9. The lowest BCUT2D eigenvalue weighted by Gasteiger charge is -2.07. The summed E-state index contributed by atoms with van der Waals surface area (Å²) in [6, 6.07) is 16.7. The van der Waals surface area contributed by atoms with Crippen LogP contribution in [-0.4, -0.2) is 40.2 Å². The van der Waals surface area contributed by atoms with Crippen molar-refractivity contribution in [2.75, 3.05) is 19.0 Å². The van der Waals surface area contributed by atoms with Crippen LogP contribution >= 0.6 is 11.3 Å². The Kier molecular flexibility index (Phi) is 7.54. The van der Waals surface area contributed by atoms with Gasteiger partial charge in [0.25, 0.3) is 5.91 Å². The Hall–Kier alpha value is -3.72. The molecular formula is C25H27N5O3S. The molecule has 0 radical (unpaired) electrons. The molecule has 2 aromatic carbocycles. The second-order valence-electron chi connectivity index (χ2n) is 7.89. The SMILES string of the molecule is COc1ccc2nc(-n3nc(C)cc3NC(=O)CCCCCNC(=O)c3ccccc3)sc2c1. The van der Waals surface area contributed by atoms with Crippen molar-refractivity contribution in [1.82, 2.24) is 20.1 Å². The number of hydrogen-bond donors (Lipinski definition) is 2. The summed E-state index contributed by atoms with van der Waals surface area (Å²) in [5.41, 5.74) is 2.30. The molecule has 0 aliphatic rings. The number of benzene rings is 2. The second-order valence-corrected chi connectivity index (χ2v) is 8.90. The summed E-state index contributed by atoms with van der Waals surface area (Å²) in [7, 11) is 1.63. The van der Waals surface area contributed by atoms with E-state index in [2.05, 4.69) is 20.7 Å². The highest BCUT2D eigenvalue weighted by molar-refractivity contribution is 7.20. The minimum Gasteiger partial charge on any atom is -0.497 e. The number of amides is 2. The van der Waals surface area contributed by atoms with Crippen LogP contribution in [-0.2, 0) is 4.79 Å². The van der Waals surface area contributed by atoms with Crippen molar-refractivity contribution >= 4 is 39.2 Å². The number of aryl methyl sites for hydroxylation is 1. The Bertz CT molecular complexity index is 1280. The maximum Gasteiger partial charge on any atom is 0.251 e. The molecule has 0 aliphatic heterocycles. The van der Waals surface area contributed by atoms with Gasteiger partial charge in [-0.1, -0.05) is 36.0 Å². The smallest absolute Gasteiger partial charge is 0.251 e. The van der Waals surface area contributed by atoms with E-state index in [1.165, 1.54) is 11.3 Å². The number of methoxy groups -OCH3 is 1. The fraction of sp³-hybridized carbons (Fsp3) is 0.280. The molecule has 0 bridgehead atoms. The Morgan fingerprint density at radius 3 is 2.68 bits per heavy atom. The Morgan fingerprint density at radius 2 is 1.88 bits per heavy atom. The standard InChI is InChI=1S/C25H27N5O3S/c1-17-15-22(30(29-17)25-27-20-13-12-19(33-2)16-21(20)34-25)28-23(31)11-7-4-8-14-26-24(32)18-9-5-3-6-10-18/h3,5-6,9-10,12-13,15-16H,4,7-8,11,14H2,1-2H3,(H,26,32)(H,28,31). The maximum atomic E-state index is 12.5. The molecular weight excluding hydrogens is 450 g/mol. The molecule has 2 heterocycles. The monoisotopic (exact) mass is 477 g/mol. The minimum absolute atomic E-state index is 0.0720. The minimum atomic E-state index is -0.0738. The number of nitrogens with one attached hydrogen (secondary N) is 2. The number of hydrogen-bond acceptors (Lipinski definition) is 6. The van der Waals surface area contributed by atoms with Crippen molar-refractivity contribution in [1.29, 1.82) is 0 Å².